The van der Waals surface area contributed by atoms with Crippen molar-refractivity contribution in [3.8, 4) is 5.75 Å². The summed E-state index contributed by atoms with van der Waals surface area (Å²) in [4.78, 5) is 0. The summed E-state index contributed by atoms with van der Waals surface area (Å²) in [5.74, 6) is 0.706. The number of benzene rings is 1. The van der Waals surface area contributed by atoms with Crippen molar-refractivity contribution in [3.05, 3.63) is 28.3 Å². The zero-order valence-electron chi connectivity index (χ0n) is 9.92. The molecule has 0 radical (unpaired) electrons. The third-order valence-corrected chi connectivity index (χ3v) is 2.76. The molecule has 0 aliphatic heterocycles. The Morgan fingerprint density at radius 1 is 1.44 bits per heavy atom. The molecule has 0 aliphatic rings. The molecule has 16 heavy (non-hydrogen) atoms. The Morgan fingerprint density at radius 3 is 2.62 bits per heavy atom. The second kappa shape index (κ2) is 6.09. The summed E-state index contributed by atoms with van der Waals surface area (Å²) < 4.78 is 10.7. The first-order valence-electron chi connectivity index (χ1n) is 5.29. The van der Waals surface area contributed by atoms with Gasteiger partial charge in [-0.2, -0.15) is 0 Å². The Kier molecular flexibility index (Phi) is 5.06. The first-order valence-corrected chi connectivity index (χ1v) is 5.67. The van der Waals surface area contributed by atoms with E-state index in [1.165, 1.54) is 0 Å². The van der Waals surface area contributed by atoms with Crippen LogP contribution in [0.1, 0.15) is 24.2 Å². The van der Waals surface area contributed by atoms with E-state index in [2.05, 4.69) is 0 Å². The van der Waals surface area contributed by atoms with Crippen molar-refractivity contribution in [3.63, 3.8) is 0 Å². The van der Waals surface area contributed by atoms with E-state index in [0.29, 0.717) is 23.9 Å². The highest BCUT2D eigenvalue weighted by atomic mass is 35.5. The lowest BCUT2D eigenvalue weighted by Crippen LogP contribution is -2.15. The molecule has 0 amide bonds. The van der Waals surface area contributed by atoms with Crippen LogP contribution in [0.15, 0.2) is 12.1 Å². The molecule has 0 bridgehead atoms. The average Bonchev–Trinajstić information content (AvgIpc) is 2.26. The van der Waals surface area contributed by atoms with Crippen LogP contribution in [0.4, 0.5) is 0 Å². The van der Waals surface area contributed by atoms with Gasteiger partial charge in [0.25, 0.3) is 0 Å². The molecule has 0 spiro atoms. The molecule has 1 aromatic rings. The van der Waals surface area contributed by atoms with Gasteiger partial charge in [0.2, 0.25) is 0 Å². The number of rotatable bonds is 5. The van der Waals surface area contributed by atoms with Crippen LogP contribution in [0.25, 0.3) is 0 Å². The smallest absolute Gasteiger partial charge is 0.138 e. The Bertz CT molecular complexity index is 351. The number of nitrogens with two attached hydrogens (primary N) is 1. The lowest BCUT2D eigenvalue weighted by Gasteiger charge is -2.17. The van der Waals surface area contributed by atoms with Crippen molar-refractivity contribution in [2.24, 2.45) is 5.73 Å². The van der Waals surface area contributed by atoms with Crippen LogP contribution in [0.2, 0.25) is 5.02 Å². The van der Waals surface area contributed by atoms with E-state index in [0.717, 1.165) is 11.1 Å². The van der Waals surface area contributed by atoms with E-state index < -0.39 is 0 Å². The van der Waals surface area contributed by atoms with Gasteiger partial charge in [0.1, 0.15) is 5.75 Å². The fourth-order valence-electron chi connectivity index (χ4n) is 1.63. The number of methoxy groups -OCH3 is 1. The van der Waals surface area contributed by atoms with Crippen molar-refractivity contribution < 1.29 is 9.47 Å². The maximum absolute atomic E-state index is 6.12. The van der Waals surface area contributed by atoms with E-state index in [1.807, 2.05) is 26.0 Å². The van der Waals surface area contributed by atoms with Crippen LogP contribution < -0.4 is 10.5 Å². The van der Waals surface area contributed by atoms with Gasteiger partial charge in [-0.15, -0.1) is 0 Å². The van der Waals surface area contributed by atoms with Gasteiger partial charge in [-0.1, -0.05) is 11.6 Å². The van der Waals surface area contributed by atoms with Gasteiger partial charge >= 0.3 is 0 Å². The summed E-state index contributed by atoms with van der Waals surface area (Å²) in [6.07, 6.45) is -0.117. The van der Waals surface area contributed by atoms with Crippen molar-refractivity contribution in [2.75, 3.05) is 20.3 Å². The highest BCUT2D eigenvalue weighted by Gasteiger charge is 2.14. The van der Waals surface area contributed by atoms with Crippen molar-refractivity contribution >= 4 is 11.6 Å². The predicted octanol–water partition coefficient (Wildman–Crippen LogP) is 2.69. The minimum atomic E-state index is -0.117. The van der Waals surface area contributed by atoms with Crippen molar-refractivity contribution in [2.45, 2.75) is 20.0 Å². The van der Waals surface area contributed by atoms with E-state index in [4.69, 9.17) is 26.8 Å². The molecule has 0 fully saturated rings. The Hall–Kier alpha value is -0.770. The van der Waals surface area contributed by atoms with Crippen molar-refractivity contribution in [1.82, 2.24) is 0 Å². The molecule has 0 saturated carbocycles. The molecule has 0 aliphatic carbocycles. The van der Waals surface area contributed by atoms with Gasteiger partial charge in [0.15, 0.2) is 0 Å². The molecule has 4 heteroatoms. The SMILES string of the molecule is CCOc1cc(C)c(C(CN)OC)cc1Cl. The molecule has 0 aromatic heterocycles. The molecule has 1 aromatic carbocycles. The zero-order valence-corrected chi connectivity index (χ0v) is 10.7. The lowest BCUT2D eigenvalue weighted by atomic mass is 10.0. The molecule has 1 rings (SSSR count). The second-order valence-electron chi connectivity index (χ2n) is 3.53. The first kappa shape index (κ1) is 13.3. The fraction of sp³-hybridized carbons (Fsp3) is 0.500. The molecule has 0 saturated heterocycles. The zero-order chi connectivity index (χ0) is 12.1. The normalized spacial score (nSPS) is 12.6. The van der Waals surface area contributed by atoms with E-state index in [1.54, 1.807) is 7.11 Å². The van der Waals surface area contributed by atoms with Crippen molar-refractivity contribution in [1.29, 1.82) is 0 Å². The van der Waals surface area contributed by atoms with Gasteiger partial charge < -0.3 is 15.2 Å². The third kappa shape index (κ3) is 2.88. The summed E-state index contributed by atoms with van der Waals surface area (Å²) >= 11 is 6.12. The van der Waals surface area contributed by atoms with Gasteiger partial charge in [0.05, 0.1) is 17.7 Å². The van der Waals surface area contributed by atoms with E-state index in [-0.39, 0.29) is 6.10 Å². The average molecular weight is 244 g/mol. The maximum atomic E-state index is 6.12. The number of ether oxygens (including phenoxy) is 2. The summed E-state index contributed by atoms with van der Waals surface area (Å²) in [5, 5.41) is 0.595. The first-order chi connectivity index (χ1) is 7.63. The van der Waals surface area contributed by atoms with E-state index in [9.17, 15) is 0 Å². The van der Waals surface area contributed by atoms with Crippen LogP contribution in [0.5, 0.6) is 5.75 Å². The van der Waals surface area contributed by atoms with E-state index >= 15 is 0 Å². The largest absolute Gasteiger partial charge is 0.492 e. The molecule has 90 valence electrons. The maximum Gasteiger partial charge on any atom is 0.138 e. The minimum absolute atomic E-state index is 0.117. The second-order valence-corrected chi connectivity index (χ2v) is 3.94. The molecule has 1 unspecified atom stereocenters. The lowest BCUT2D eigenvalue weighted by molar-refractivity contribution is 0.110. The van der Waals surface area contributed by atoms with Crippen LogP contribution in [0, 0.1) is 6.92 Å². The number of halogens is 1. The van der Waals surface area contributed by atoms with Crippen LogP contribution in [-0.4, -0.2) is 20.3 Å². The molecule has 2 N–H and O–H groups in total. The van der Waals surface area contributed by atoms with Crippen LogP contribution in [-0.2, 0) is 4.74 Å². The number of hydrogen-bond donors (Lipinski definition) is 1. The quantitative estimate of drug-likeness (QED) is 0.865. The number of aryl methyl sites for hydroxylation is 1. The molecular formula is C12H18ClNO2. The summed E-state index contributed by atoms with van der Waals surface area (Å²) in [6.45, 7) is 4.96. The molecule has 0 heterocycles. The van der Waals surface area contributed by atoms with Gasteiger partial charge in [-0.05, 0) is 37.1 Å². The monoisotopic (exact) mass is 243 g/mol. The number of hydrogen-bond acceptors (Lipinski definition) is 3. The highest BCUT2D eigenvalue weighted by molar-refractivity contribution is 6.32. The minimum Gasteiger partial charge on any atom is -0.492 e. The topological polar surface area (TPSA) is 44.5 Å². The summed E-state index contributed by atoms with van der Waals surface area (Å²) in [5.41, 5.74) is 7.72. The summed E-state index contributed by atoms with van der Waals surface area (Å²) in [6, 6.07) is 3.78. The standard InChI is InChI=1S/C12H18ClNO2/c1-4-16-11-5-8(2)9(6-10(11)13)12(7-14)15-3/h5-6,12H,4,7,14H2,1-3H3. The van der Waals surface area contributed by atoms with Gasteiger partial charge in [-0.25, -0.2) is 0 Å². The Morgan fingerprint density at radius 2 is 2.12 bits per heavy atom. The van der Waals surface area contributed by atoms with Crippen LogP contribution >= 0.6 is 11.6 Å². The Balaban J connectivity index is 3.08. The third-order valence-electron chi connectivity index (χ3n) is 2.47. The van der Waals surface area contributed by atoms with Crippen LogP contribution in [0.3, 0.4) is 0 Å². The van der Waals surface area contributed by atoms with Gasteiger partial charge in [0, 0.05) is 13.7 Å². The fourth-order valence-corrected chi connectivity index (χ4v) is 1.86. The summed E-state index contributed by atoms with van der Waals surface area (Å²) in [7, 11) is 1.64. The van der Waals surface area contributed by atoms with Gasteiger partial charge in [-0.3, -0.25) is 0 Å². The Labute approximate surface area is 101 Å². The molecule has 3 nitrogen and oxygen atoms in total. The molecule has 1 atom stereocenters. The molecular weight excluding hydrogens is 226 g/mol. The highest BCUT2D eigenvalue weighted by Crippen LogP contribution is 2.31. The predicted molar refractivity (Wildman–Crippen MR) is 66.2 cm³/mol.